The second-order valence-electron chi connectivity index (χ2n) is 8.91. The fraction of sp³-hybridized carbons (Fsp3) is 0.360. The van der Waals surface area contributed by atoms with Crippen LogP contribution in [0.2, 0.25) is 0 Å². The lowest BCUT2D eigenvalue weighted by Gasteiger charge is -2.34. The molecular formula is C25H27N5O. The summed E-state index contributed by atoms with van der Waals surface area (Å²) in [5.74, 6) is 1.44. The lowest BCUT2D eigenvalue weighted by molar-refractivity contribution is 0.0692. The Morgan fingerprint density at radius 3 is 2.58 bits per heavy atom. The van der Waals surface area contributed by atoms with Gasteiger partial charge in [-0.3, -0.25) is 14.8 Å². The summed E-state index contributed by atoms with van der Waals surface area (Å²) >= 11 is 0. The van der Waals surface area contributed by atoms with Crippen molar-refractivity contribution >= 4 is 11.7 Å². The standard InChI is InChI=1S/C25H27N5O/c1-15-6-7-22(27-12-15)29-20-10-18-11-21(20)30(14-18)25(31)19-9-16(2)13-28-24(19)23-17(3)5-4-8-26-23/h4-9,12-13,18,20-21H,10-11,14H2,1-3H3,(H,27,29). The molecule has 1 saturated carbocycles. The normalized spacial score (nSPS) is 22.0. The fourth-order valence-electron chi connectivity index (χ4n) is 4.97. The van der Waals surface area contributed by atoms with Crippen molar-refractivity contribution in [3.8, 4) is 11.4 Å². The van der Waals surface area contributed by atoms with Crippen molar-refractivity contribution in [1.29, 1.82) is 0 Å². The fourth-order valence-corrected chi connectivity index (χ4v) is 4.97. The lowest BCUT2D eigenvalue weighted by atomic mass is 10.0. The van der Waals surface area contributed by atoms with Crippen molar-refractivity contribution in [3.63, 3.8) is 0 Å². The molecule has 2 bridgehead atoms. The second-order valence-corrected chi connectivity index (χ2v) is 8.91. The minimum absolute atomic E-state index is 0.0483. The molecular weight excluding hydrogens is 386 g/mol. The Balaban J connectivity index is 1.44. The van der Waals surface area contributed by atoms with Crippen molar-refractivity contribution in [3.05, 3.63) is 71.2 Å². The van der Waals surface area contributed by atoms with Crippen molar-refractivity contribution in [1.82, 2.24) is 19.9 Å². The number of hydrogen-bond donors (Lipinski definition) is 1. The Morgan fingerprint density at radius 2 is 1.84 bits per heavy atom. The first kappa shape index (κ1) is 19.7. The summed E-state index contributed by atoms with van der Waals surface area (Å²) in [4.78, 5) is 29.4. The summed E-state index contributed by atoms with van der Waals surface area (Å²) in [6.45, 7) is 6.82. The molecule has 0 spiro atoms. The van der Waals surface area contributed by atoms with E-state index in [2.05, 4.69) is 26.3 Å². The van der Waals surface area contributed by atoms with E-state index in [0.717, 1.165) is 47.6 Å². The number of hydrogen-bond acceptors (Lipinski definition) is 5. The third-order valence-electron chi connectivity index (χ3n) is 6.48. The molecule has 6 heteroatoms. The van der Waals surface area contributed by atoms with Crippen LogP contribution >= 0.6 is 0 Å². The van der Waals surface area contributed by atoms with E-state index in [1.54, 1.807) is 6.20 Å². The molecule has 158 valence electrons. The monoisotopic (exact) mass is 413 g/mol. The first-order valence-electron chi connectivity index (χ1n) is 10.9. The topological polar surface area (TPSA) is 71.0 Å². The predicted octanol–water partition coefficient (Wildman–Crippen LogP) is 4.18. The average molecular weight is 414 g/mol. The van der Waals surface area contributed by atoms with Crippen LogP contribution in [-0.4, -0.2) is 44.4 Å². The van der Waals surface area contributed by atoms with Gasteiger partial charge in [-0.1, -0.05) is 12.1 Å². The maximum absolute atomic E-state index is 13.8. The van der Waals surface area contributed by atoms with Crippen LogP contribution < -0.4 is 5.32 Å². The SMILES string of the molecule is Cc1ccc(NC2CC3CC2N(C(=O)c2cc(C)cnc2-c2ncccc2C)C3)nc1. The zero-order chi connectivity index (χ0) is 21.5. The molecule has 2 aliphatic rings. The van der Waals surface area contributed by atoms with E-state index in [-0.39, 0.29) is 18.0 Å². The number of aromatic nitrogens is 3. The number of anilines is 1. The predicted molar refractivity (Wildman–Crippen MR) is 121 cm³/mol. The number of fused-ring (bicyclic) bond motifs is 2. The molecule has 3 aromatic heterocycles. The highest BCUT2D eigenvalue weighted by Crippen LogP contribution is 2.40. The minimum Gasteiger partial charge on any atom is -0.365 e. The number of aryl methyl sites for hydroxylation is 3. The maximum atomic E-state index is 13.8. The van der Waals surface area contributed by atoms with Gasteiger partial charge in [-0.2, -0.15) is 0 Å². The first-order chi connectivity index (χ1) is 15.0. The highest BCUT2D eigenvalue weighted by Gasteiger charge is 2.47. The van der Waals surface area contributed by atoms with E-state index in [4.69, 9.17) is 0 Å². The smallest absolute Gasteiger partial charge is 0.256 e. The third-order valence-corrected chi connectivity index (χ3v) is 6.48. The molecule has 1 N–H and O–H groups in total. The van der Waals surface area contributed by atoms with Crippen molar-refractivity contribution in [2.24, 2.45) is 5.92 Å². The van der Waals surface area contributed by atoms with Gasteiger partial charge < -0.3 is 10.2 Å². The molecule has 1 aliphatic carbocycles. The molecule has 1 aliphatic heterocycles. The van der Waals surface area contributed by atoms with Crippen LogP contribution in [0, 0.1) is 26.7 Å². The van der Waals surface area contributed by atoms with Crippen LogP contribution in [0.5, 0.6) is 0 Å². The molecule has 4 heterocycles. The summed E-state index contributed by atoms with van der Waals surface area (Å²) < 4.78 is 0. The number of rotatable bonds is 4. The second kappa shape index (κ2) is 7.76. The van der Waals surface area contributed by atoms with Crippen molar-refractivity contribution < 1.29 is 4.79 Å². The van der Waals surface area contributed by atoms with Crippen molar-refractivity contribution in [2.45, 2.75) is 45.7 Å². The molecule has 1 amide bonds. The van der Waals surface area contributed by atoms with Gasteiger partial charge in [-0.05, 0) is 74.4 Å². The third kappa shape index (κ3) is 3.67. The Bertz CT molecular complexity index is 1130. The summed E-state index contributed by atoms with van der Waals surface area (Å²) in [7, 11) is 0. The van der Waals surface area contributed by atoms with Gasteiger partial charge in [0.2, 0.25) is 0 Å². The van der Waals surface area contributed by atoms with Gasteiger partial charge >= 0.3 is 0 Å². The van der Waals surface area contributed by atoms with Crippen LogP contribution in [0.25, 0.3) is 11.4 Å². The number of nitrogens with zero attached hydrogens (tertiary/aromatic N) is 4. The van der Waals surface area contributed by atoms with Crippen molar-refractivity contribution in [2.75, 3.05) is 11.9 Å². The number of piperidine rings is 1. The molecule has 3 aromatic rings. The van der Waals surface area contributed by atoms with E-state index in [1.807, 2.05) is 62.3 Å². The zero-order valence-corrected chi connectivity index (χ0v) is 18.2. The van der Waals surface area contributed by atoms with E-state index in [9.17, 15) is 4.79 Å². The largest absolute Gasteiger partial charge is 0.365 e. The number of amides is 1. The van der Waals surface area contributed by atoms with E-state index >= 15 is 0 Å². The maximum Gasteiger partial charge on any atom is 0.256 e. The van der Waals surface area contributed by atoms with E-state index < -0.39 is 0 Å². The van der Waals surface area contributed by atoms with Gasteiger partial charge in [0, 0.05) is 31.2 Å². The Morgan fingerprint density at radius 1 is 1.00 bits per heavy atom. The Hall–Kier alpha value is -3.28. The highest BCUT2D eigenvalue weighted by atomic mass is 16.2. The number of likely N-dealkylation sites (tertiary alicyclic amines) is 1. The molecule has 1 saturated heterocycles. The molecule has 6 nitrogen and oxygen atoms in total. The minimum atomic E-state index is 0.0483. The Labute approximate surface area is 182 Å². The van der Waals surface area contributed by atoms with E-state index in [0.29, 0.717) is 17.2 Å². The van der Waals surface area contributed by atoms with Gasteiger partial charge in [0.25, 0.3) is 5.91 Å². The van der Waals surface area contributed by atoms with Crippen LogP contribution in [0.4, 0.5) is 5.82 Å². The quantitative estimate of drug-likeness (QED) is 0.695. The first-order valence-corrected chi connectivity index (χ1v) is 10.9. The van der Waals surface area contributed by atoms with Crippen LogP contribution in [-0.2, 0) is 0 Å². The Kier molecular flexibility index (Phi) is 4.93. The molecule has 5 rings (SSSR count). The molecule has 31 heavy (non-hydrogen) atoms. The average Bonchev–Trinajstić information content (AvgIpc) is 3.36. The zero-order valence-electron chi connectivity index (χ0n) is 18.2. The van der Waals surface area contributed by atoms with Gasteiger partial charge in [-0.25, -0.2) is 4.98 Å². The summed E-state index contributed by atoms with van der Waals surface area (Å²) in [6.07, 6.45) is 7.54. The van der Waals surface area contributed by atoms with Crippen LogP contribution in [0.3, 0.4) is 0 Å². The van der Waals surface area contributed by atoms with E-state index in [1.165, 1.54) is 0 Å². The molecule has 0 radical (unpaired) electrons. The number of carbonyl (C=O) groups is 1. The van der Waals surface area contributed by atoms with Gasteiger partial charge in [0.15, 0.2) is 0 Å². The number of nitrogens with one attached hydrogen (secondary N) is 1. The lowest BCUT2D eigenvalue weighted by Crippen LogP contribution is -2.48. The number of carbonyl (C=O) groups excluding carboxylic acids is 1. The highest BCUT2D eigenvalue weighted by molar-refractivity contribution is 6.00. The summed E-state index contributed by atoms with van der Waals surface area (Å²) in [6, 6.07) is 10.3. The molecule has 0 aromatic carbocycles. The molecule has 3 atom stereocenters. The van der Waals surface area contributed by atoms with Gasteiger partial charge in [0.1, 0.15) is 11.5 Å². The van der Waals surface area contributed by atoms with Gasteiger partial charge in [-0.15, -0.1) is 0 Å². The summed E-state index contributed by atoms with van der Waals surface area (Å²) in [5.41, 5.74) is 5.21. The van der Waals surface area contributed by atoms with Gasteiger partial charge in [0.05, 0.1) is 17.3 Å². The van der Waals surface area contributed by atoms with Crippen LogP contribution in [0.15, 0.2) is 48.9 Å². The number of pyridine rings is 3. The molecule has 3 unspecified atom stereocenters. The summed E-state index contributed by atoms with van der Waals surface area (Å²) in [5, 5.41) is 3.57. The van der Waals surface area contributed by atoms with Crippen LogP contribution in [0.1, 0.15) is 39.9 Å². The molecule has 2 fully saturated rings.